The molecule has 1 aromatic carbocycles. The molecule has 10 heteroatoms. The molecule has 1 unspecified atom stereocenters. The number of nitrogens with zero attached hydrogens (tertiary/aromatic N) is 2. The van der Waals surface area contributed by atoms with Gasteiger partial charge in [-0.1, -0.05) is 17.3 Å². The van der Waals surface area contributed by atoms with Crippen LogP contribution in [0.5, 0.6) is 0 Å². The average molecular weight is 392 g/mol. The summed E-state index contributed by atoms with van der Waals surface area (Å²) in [5.41, 5.74) is -0.784. The molecule has 1 aliphatic rings. The number of halogens is 6. The van der Waals surface area contributed by atoms with Gasteiger partial charge < -0.3 is 9.42 Å². The molecule has 1 saturated heterocycles. The summed E-state index contributed by atoms with van der Waals surface area (Å²) < 4.78 is 81.8. The largest absolute Gasteiger partial charge is 0.416 e. The molecular formula is C17H14F6N2O2. The van der Waals surface area contributed by atoms with Crippen LogP contribution in [0, 0.1) is 5.92 Å². The first-order valence-electron chi connectivity index (χ1n) is 8.05. The molecule has 1 amide bonds. The van der Waals surface area contributed by atoms with Crippen LogP contribution in [0.4, 0.5) is 26.3 Å². The molecule has 0 radical (unpaired) electrons. The van der Waals surface area contributed by atoms with Crippen molar-refractivity contribution in [3.63, 3.8) is 0 Å². The van der Waals surface area contributed by atoms with Crippen LogP contribution in [-0.2, 0) is 6.18 Å². The summed E-state index contributed by atoms with van der Waals surface area (Å²) in [4.78, 5) is 13.7. The number of hydrogen-bond donors (Lipinski definition) is 0. The summed E-state index contributed by atoms with van der Waals surface area (Å²) in [6.45, 7) is -0.316. The van der Waals surface area contributed by atoms with E-state index in [1.807, 2.05) is 0 Å². The summed E-state index contributed by atoms with van der Waals surface area (Å²) in [6.07, 6.45) is -7.70. The van der Waals surface area contributed by atoms with Crippen LogP contribution < -0.4 is 0 Å². The first kappa shape index (κ1) is 19.2. The van der Waals surface area contributed by atoms with Crippen molar-refractivity contribution < 1.29 is 35.7 Å². The quantitative estimate of drug-likeness (QED) is 0.692. The van der Waals surface area contributed by atoms with Gasteiger partial charge in [-0.2, -0.15) is 26.3 Å². The van der Waals surface area contributed by atoms with E-state index in [1.165, 1.54) is 0 Å². The molecule has 0 aliphatic carbocycles. The minimum atomic E-state index is -4.51. The number of hydrogen-bond acceptors (Lipinski definition) is 3. The minimum absolute atomic E-state index is 0.0529. The molecule has 0 saturated carbocycles. The molecule has 2 heterocycles. The van der Waals surface area contributed by atoms with E-state index < -0.39 is 36.3 Å². The molecule has 1 atom stereocenters. The molecule has 0 N–H and O–H groups in total. The fourth-order valence-electron chi connectivity index (χ4n) is 3.01. The highest BCUT2D eigenvalue weighted by atomic mass is 19.4. The van der Waals surface area contributed by atoms with Crippen molar-refractivity contribution in [3.05, 3.63) is 41.6 Å². The van der Waals surface area contributed by atoms with Crippen molar-refractivity contribution in [1.82, 2.24) is 10.1 Å². The van der Waals surface area contributed by atoms with E-state index in [9.17, 15) is 31.1 Å². The Morgan fingerprint density at radius 2 is 1.78 bits per heavy atom. The van der Waals surface area contributed by atoms with Gasteiger partial charge in [0.05, 0.1) is 17.7 Å². The number of piperidine rings is 1. The standard InChI is InChI=1S/C17H14F6N2O2/c18-16(19,20)11-5-3-10(4-6-11)14-13(8-24-27-14)15(26)25-7-1-2-12(9-25)17(21,22)23/h3-6,8,12H,1-2,7,9H2. The average Bonchev–Trinajstić information content (AvgIpc) is 3.09. The molecule has 3 rings (SSSR count). The first-order valence-corrected chi connectivity index (χ1v) is 8.05. The maximum atomic E-state index is 12.9. The van der Waals surface area contributed by atoms with E-state index in [2.05, 4.69) is 5.16 Å². The highest BCUT2D eigenvalue weighted by molar-refractivity contribution is 5.99. The van der Waals surface area contributed by atoms with Crippen LogP contribution >= 0.6 is 0 Å². The van der Waals surface area contributed by atoms with Crippen molar-refractivity contribution in [2.45, 2.75) is 25.2 Å². The predicted molar refractivity (Wildman–Crippen MR) is 81.6 cm³/mol. The van der Waals surface area contributed by atoms with Gasteiger partial charge in [-0.05, 0) is 25.0 Å². The van der Waals surface area contributed by atoms with Gasteiger partial charge in [-0.15, -0.1) is 0 Å². The number of benzene rings is 1. The number of alkyl halides is 6. The Kier molecular flexibility index (Phi) is 4.92. The first-order chi connectivity index (χ1) is 12.6. The predicted octanol–water partition coefficient (Wildman–Crippen LogP) is 4.77. The van der Waals surface area contributed by atoms with Crippen molar-refractivity contribution in [2.75, 3.05) is 13.1 Å². The summed E-state index contributed by atoms with van der Waals surface area (Å²) in [5.74, 6) is -2.38. The maximum absolute atomic E-state index is 12.9. The summed E-state index contributed by atoms with van der Waals surface area (Å²) >= 11 is 0. The lowest BCUT2D eigenvalue weighted by molar-refractivity contribution is -0.184. The zero-order valence-electron chi connectivity index (χ0n) is 13.8. The van der Waals surface area contributed by atoms with Crippen molar-refractivity contribution in [2.24, 2.45) is 5.92 Å². The molecule has 1 aromatic heterocycles. The summed E-state index contributed by atoms with van der Waals surface area (Å²) in [5, 5.41) is 3.49. The van der Waals surface area contributed by atoms with Crippen molar-refractivity contribution in [3.8, 4) is 11.3 Å². The molecule has 0 spiro atoms. The van der Waals surface area contributed by atoms with Gasteiger partial charge in [0, 0.05) is 18.7 Å². The second kappa shape index (κ2) is 6.90. The topological polar surface area (TPSA) is 46.3 Å². The maximum Gasteiger partial charge on any atom is 0.416 e. The van der Waals surface area contributed by atoms with Crippen LogP contribution in [0.15, 0.2) is 35.0 Å². The van der Waals surface area contributed by atoms with Crippen molar-refractivity contribution >= 4 is 5.91 Å². The lowest BCUT2D eigenvalue weighted by Gasteiger charge is -2.33. The second-order valence-electron chi connectivity index (χ2n) is 6.28. The molecule has 4 nitrogen and oxygen atoms in total. The van der Waals surface area contributed by atoms with Gasteiger partial charge in [-0.3, -0.25) is 4.79 Å². The fourth-order valence-corrected chi connectivity index (χ4v) is 3.01. The van der Waals surface area contributed by atoms with Gasteiger partial charge in [0.25, 0.3) is 5.91 Å². The number of carbonyl (C=O) groups excluding carboxylic acids is 1. The number of aromatic nitrogens is 1. The van der Waals surface area contributed by atoms with E-state index in [0.717, 1.165) is 35.4 Å². The lowest BCUT2D eigenvalue weighted by atomic mass is 9.96. The number of carbonyl (C=O) groups is 1. The van der Waals surface area contributed by atoms with Crippen LogP contribution in [0.2, 0.25) is 0 Å². The van der Waals surface area contributed by atoms with Gasteiger partial charge in [0.15, 0.2) is 5.76 Å². The van der Waals surface area contributed by atoms with E-state index in [1.54, 1.807) is 0 Å². The smallest absolute Gasteiger partial charge is 0.355 e. The Labute approximate surface area is 149 Å². The molecular weight excluding hydrogens is 378 g/mol. The summed E-state index contributed by atoms with van der Waals surface area (Å²) in [6, 6.07) is 3.89. The number of rotatable bonds is 2. The molecule has 146 valence electrons. The van der Waals surface area contributed by atoms with Crippen LogP contribution in [0.3, 0.4) is 0 Å². The number of amides is 1. The van der Waals surface area contributed by atoms with Gasteiger partial charge >= 0.3 is 12.4 Å². The third-order valence-electron chi connectivity index (χ3n) is 4.45. The minimum Gasteiger partial charge on any atom is -0.355 e. The highest BCUT2D eigenvalue weighted by Gasteiger charge is 2.43. The van der Waals surface area contributed by atoms with Crippen LogP contribution in [0.25, 0.3) is 11.3 Å². The van der Waals surface area contributed by atoms with E-state index in [-0.39, 0.29) is 36.3 Å². The zero-order chi connectivity index (χ0) is 19.8. The van der Waals surface area contributed by atoms with E-state index in [4.69, 9.17) is 4.52 Å². The SMILES string of the molecule is O=C(c1cnoc1-c1ccc(C(F)(F)F)cc1)N1CCCC(C(F)(F)F)C1. The van der Waals surface area contributed by atoms with E-state index >= 15 is 0 Å². The number of likely N-dealkylation sites (tertiary alicyclic amines) is 1. The van der Waals surface area contributed by atoms with Gasteiger partial charge in [0.2, 0.25) is 0 Å². The molecule has 2 aromatic rings. The Hall–Kier alpha value is -2.52. The van der Waals surface area contributed by atoms with Crippen molar-refractivity contribution in [1.29, 1.82) is 0 Å². The second-order valence-corrected chi connectivity index (χ2v) is 6.28. The molecule has 1 aliphatic heterocycles. The molecule has 0 bridgehead atoms. The van der Waals surface area contributed by atoms with E-state index in [0.29, 0.717) is 0 Å². The monoisotopic (exact) mass is 392 g/mol. The Balaban J connectivity index is 1.83. The van der Waals surface area contributed by atoms with Gasteiger partial charge in [0.1, 0.15) is 5.56 Å². The third-order valence-corrected chi connectivity index (χ3v) is 4.45. The van der Waals surface area contributed by atoms with Crippen LogP contribution in [-0.4, -0.2) is 35.2 Å². The highest BCUT2D eigenvalue weighted by Crippen LogP contribution is 2.35. The molecule has 27 heavy (non-hydrogen) atoms. The Morgan fingerprint density at radius 3 is 2.37 bits per heavy atom. The molecule has 1 fully saturated rings. The van der Waals surface area contributed by atoms with Crippen LogP contribution in [0.1, 0.15) is 28.8 Å². The zero-order valence-corrected chi connectivity index (χ0v) is 13.8. The Morgan fingerprint density at radius 1 is 1.11 bits per heavy atom. The lowest BCUT2D eigenvalue weighted by Crippen LogP contribution is -2.44. The Bertz CT molecular complexity index is 810. The van der Waals surface area contributed by atoms with Gasteiger partial charge in [-0.25, -0.2) is 0 Å². The summed E-state index contributed by atoms with van der Waals surface area (Å²) in [7, 11) is 0. The normalized spacial score (nSPS) is 18.6. The third kappa shape index (κ3) is 4.09. The fraction of sp³-hybridized carbons (Fsp3) is 0.412.